The van der Waals surface area contributed by atoms with Crippen LogP contribution in [0.1, 0.15) is 16.8 Å². The average Bonchev–Trinajstić information content (AvgIpc) is 2.41. The van der Waals surface area contributed by atoms with Gasteiger partial charge in [0.25, 0.3) is 0 Å². The van der Waals surface area contributed by atoms with Crippen LogP contribution in [-0.2, 0) is 0 Å². The second-order valence-corrected chi connectivity index (χ2v) is 4.45. The molecule has 0 aliphatic carbocycles. The van der Waals surface area contributed by atoms with E-state index >= 15 is 0 Å². The Labute approximate surface area is 118 Å². The zero-order valence-corrected chi connectivity index (χ0v) is 11.6. The number of benzene rings is 1. The molecule has 1 aromatic heterocycles. The van der Waals surface area contributed by atoms with E-state index in [0.29, 0.717) is 5.82 Å². The summed E-state index contributed by atoms with van der Waals surface area (Å²) in [6.07, 6.45) is 3.48. The summed E-state index contributed by atoms with van der Waals surface area (Å²) in [5, 5.41) is 5.33. The fraction of sp³-hybridized carbons (Fsp3) is 0.125. The summed E-state index contributed by atoms with van der Waals surface area (Å²) in [5.74, 6) is 0.534. The molecule has 0 spiro atoms. The standard InChI is InChI=1S/C16H17N3O/c1-12-6-3-4-8-14(12)10-11-17-16(20)19-15-9-5-7-13(2)18-15/h3-11H,1-2H3,(H2,17,18,19,20)/b11-10+. The van der Waals surface area contributed by atoms with Gasteiger partial charge in [0.05, 0.1) is 0 Å². The van der Waals surface area contributed by atoms with Crippen molar-refractivity contribution < 1.29 is 4.79 Å². The molecule has 0 saturated carbocycles. The molecule has 0 radical (unpaired) electrons. The van der Waals surface area contributed by atoms with E-state index in [1.165, 1.54) is 0 Å². The minimum Gasteiger partial charge on any atom is -0.314 e. The number of rotatable bonds is 3. The van der Waals surface area contributed by atoms with Crippen molar-refractivity contribution in [2.45, 2.75) is 13.8 Å². The van der Waals surface area contributed by atoms with Gasteiger partial charge < -0.3 is 5.32 Å². The van der Waals surface area contributed by atoms with Crippen molar-refractivity contribution in [3.63, 3.8) is 0 Å². The third-order valence-corrected chi connectivity index (χ3v) is 2.80. The highest BCUT2D eigenvalue weighted by Gasteiger charge is 2.00. The van der Waals surface area contributed by atoms with Gasteiger partial charge in [0.1, 0.15) is 5.82 Å². The van der Waals surface area contributed by atoms with Crippen molar-refractivity contribution in [3.05, 3.63) is 65.5 Å². The number of amides is 2. The lowest BCUT2D eigenvalue weighted by molar-refractivity contribution is 0.255. The molecule has 2 amide bonds. The van der Waals surface area contributed by atoms with E-state index in [1.807, 2.05) is 56.3 Å². The highest BCUT2D eigenvalue weighted by molar-refractivity contribution is 5.89. The van der Waals surface area contributed by atoms with Crippen LogP contribution in [0.15, 0.2) is 48.7 Å². The Bertz CT molecular complexity index is 635. The van der Waals surface area contributed by atoms with Crippen molar-refractivity contribution in [2.75, 3.05) is 5.32 Å². The Morgan fingerprint density at radius 3 is 2.65 bits per heavy atom. The lowest BCUT2D eigenvalue weighted by Crippen LogP contribution is -2.24. The minimum atomic E-state index is -0.312. The van der Waals surface area contributed by atoms with Gasteiger partial charge in [-0.1, -0.05) is 30.3 Å². The monoisotopic (exact) mass is 267 g/mol. The number of aryl methyl sites for hydroxylation is 2. The van der Waals surface area contributed by atoms with Crippen LogP contribution in [-0.4, -0.2) is 11.0 Å². The van der Waals surface area contributed by atoms with E-state index in [2.05, 4.69) is 15.6 Å². The topological polar surface area (TPSA) is 54.0 Å². The molecule has 0 atom stereocenters. The van der Waals surface area contributed by atoms with Gasteiger partial charge in [-0.2, -0.15) is 0 Å². The highest BCUT2D eigenvalue weighted by atomic mass is 16.2. The molecule has 2 N–H and O–H groups in total. The van der Waals surface area contributed by atoms with Gasteiger partial charge in [-0.05, 0) is 43.2 Å². The number of carbonyl (C=O) groups is 1. The number of anilines is 1. The summed E-state index contributed by atoms with van der Waals surface area (Å²) in [4.78, 5) is 15.9. The van der Waals surface area contributed by atoms with E-state index in [-0.39, 0.29) is 6.03 Å². The molecule has 1 aromatic carbocycles. The molecule has 0 fully saturated rings. The number of carbonyl (C=O) groups excluding carboxylic acids is 1. The second kappa shape index (κ2) is 6.52. The summed E-state index contributed by atoms with van der Waals surface area (Å²) in [7, 11) is 0. The third-order valence-electron chi connectivity index (χ3n) is 2.80. The number of nitrogens with one attached hydrogen (secondary N) is 2. The van der Waals surface area contributed by atoms with Crippen LogP contribution in [0.4, 0.5) is 10.6 Å². The highest BCUT2D eigenvalue weighted by Crippen LogP contribution is 2.08. The molecule has 0 unspecified atom stereocenters. The Hall–Kier alpha value is -2.62. The quantitative estimate of drug-likeness (QED) is 0.894. The minimum absolute atomic E-state index is 0.312. The van der Waals surface area contributed by atoms with Gasteiger partial charge in [-0.25, -0.2) is 9.78 Å². The van der Waals surface area contributed by atoms with Crippen LogP contribution in [0.25, 0.3) is 6.08 Å². The maximum absolute atomic E-state index is 11.7. The van der Waals surface area contributed by atoms with Crippen molar-refractivity contribution in [2.24, 2.45) is 0 Å². The van der Waals surface area contributed by atoms with Gasteiger partial charge >= 0.3 is 6.03 Å². The summed E-state index contributed by atoms with van der Waals surface area (Å²) < 4.78 is 0. The van der Waals surface area contributed by atoms with E-state index in [9.17, 15) is 4.79 Å². The zero-order chi connectivity index (χ0) is 14.4. The first-order valence-corrected chi connectivity index (χ1v) is 6.38. The first kappa shape index (κ1) is 13.8. The molecule has 4 nitrogen and oxygen atoms in total. The van der Waals surface area contributed by atoms with Crippen molar-refractivity contribution in [1.82, 2.24) is 10.3 Å². The van der Waals surface area contributed by atoms with Crippen molar-refractivity contribution in [3.8, 4) is 0 Å². The summed E-state index contributed by atoms with van der Waals surface area (Å²) in [6, 6.07) is 13.1. The van der Waals surface area contributed by atoms with Crippen LogP contribution in [0, 0.1) is 13.8 Å². The lowest BCUT2D eigenvalue weighted by Gasteiger charge is -2.04. The maximum atomic E-state index is 11.7. The maximum Gasteiger partial charge on any atom is 0.324 e. The van der Waals surface area contributed by atoms with Gasteiger partial charge in [-0.3, -0.25) is 5.32 Å². The third kappa shape index (κ3) is 3.95. The molecule has 102 valence electrons. The number of hydrogen-bond donors (Lipinski definition) is 2. The lowest BCUT2D eigenvalue weighted by atomic mass is 10.1. The van der Waals surface area contributed by atoms with Crippen LogP contribution >= 0.6 is 0 Å². The normalized spacial score (nSPS) is 10.5. The molecule has 2 rings (SSSR count). The van der Waals surface area contributed by atoms with Crippen LogP contribution in [0.3, 0.4) is 0 Å². The predicted molar refractivity (Wildman–Crippen MR) is 81.3 cm³/mol. The van der Waals surface area contributed by atoms with Crippen LogP contribution < -0.4 is 10.6 Å². The fourth-order valence-electron chi connectivity index (χ4n) is 1.75. The molecule has 0 aliphatic heterocycles. The molecule has 0 saturated heterocycles. The fourth-order valence-corrected chi connectivity index (χ4v) is 1.75. The van der Waals surface area contributed by atoms with Gasteiger partial charge in [0, 0.05) is 11.9 Å². The number of pyridine rings is 1. The number of nitrogens with zero attached hydrogens (tertiary/aromatic N) is 1. The molecule has 1 heterocycles. The van der Waals surface area contributed by atoms with Crippen molar-refractivity contribution in [1.29, 1.82) is 0 Å². The van der Waals surface area contributed by atoms with E-state index in [4.69, 9.17) is 0 Å². The van der Waals surface area contributed by atoms with E-state index in [1.54, 1.807) is 12.3 Å². The summed E-state index contributed by atoms with van der Waals surface area (Å²) in [5.41, 5.74) is 3.09. The SMILES string of the molecule is Cc1cccc(NC(=O)N/C=C/c2ccccc2C)n1. The summed E-state index contributed by atoms with van der Waals surface area (Å²) >= 11 is 0. The van der Waals surface area contributed by atoms with Crippen molar-refractivity contribution >= 4 is 17.9 Å². The Morgan fingerprint density at radius 1 is 1.10 bits per heavy atom. The first-order valence-electron chi connectivity index (χ1n) is 6.38. The Morgan fingerprint density at radius 2 is 1.90 bits per heavy atom. The first-order chi connectivity index (χ1) is 9.65. The largest absolute Gasteiger partial charge is 0.324 e. The predicted octanol–water partition coefficient (Wildman–Crippen LogP) is 3.49. The van der Waals surface area contributed by atoms with Gasteiger partial charge in [0.15, 0.2) is 0 Å². The second-order valence-electron chi connectivity index (χ2n) is 4.45. The molecular weight excluding hydrogens is 250 g/mol. The van der Waals surface area contributed by atoms with Gasteiger partial charge in [0.2, 0.25) is 0 Å². The molecule has 0 aliphatic rings. The molecule has 20 heavy (non-hydrogen) atoms. The molecule has 2 aromatic rings. The molecular formula is C16H17N3O. The number of aromatic nitrogens is 1. The van der Waals surface area contributed by atoms with Gasteiger partial charge in [-0.15, -0.1) is 0 Å². The smallest absolute Gasteiger partial charge is 0.314 e. The zero-order valence-electron chi connectivity index (χ0n) is 11.6. The summed E-state index contributed by atoms with van der Waals surface area (Å²) in [6.45, 7) is 3.90. The van der Waals surface area contributed by atoms with E-state index < -0.39 is 0 Å². The van der Waals surface area contributed by atoms with Crippen LogP contribution in [0.2, 0.25) is 0 Å². The average molecular weight is 267 g/mol. The molecule has 4 heteroatoms. The Balaban J connectivity index is 1.91. The molecule has 0 bridgehead atoms. The Kier molecular flexibility index (Phi) is 4.50. The number of hydrogen-bond acceptors (Lipinski definition) is 2. The van der Waals surface area contributed by atoms with E-state index in [0.717, 1.165) is 16.8 Å². The number of urea groups is 1. The van der Waals surface area contributed by atoms with Crippen LogP contribution in [0.5, 0.6) is 0 Å².